The van der Waals surface area contributed by atoms with Crippen LogP contribution in [0.1, 0.15) is 38.7 Å². The molecule has 2 rings (SSSR count). The van der Waals surface area contributed by atoms with Crippen LogP contribution in [-0.4, -0.2) is 46.3 Å². The van der Waals surface area contributed by atoms with Gasteiger partial charge in [-0.15, -0.1) is 0 Å². The maximum atomic E-state index is 11.8. The van der Waals surface area contributed by atoms with Crippen molar-refractivity contribution in [3.63, 3.8) is 0 Å². The van der Waals surface area contributed by atoms with E-state index in [1.165, 1.54) is 0 Å². The summed E-state index contributed by atoms with van der Waals surface area (Å²) in [7, 11) is 0. The maximum Gasteiger partial charge on any atom is 0.314 e. The van der Waals surface area contributed by atoms with Crippen molar-refractivity contribution in [2.75, 3.05) is 19.6 Å². The number of piperidine rings is 1. The third-order valence-corrected chi connectivity index (χ3v) is 4.49. The minimum Gasteiger partial charge on any atom is -0.481 e. The van der Waals surface area contributed by atoms with E-state index in [1.54, 1.807) is 0 Å². The van der Waals surface area contributed by atoms with Gasteiger partial charge >= 0.3 is 5.97 Å². The van der Waals surface area contributed by atoms with Gasteiger partial charge in [0.05, 0.1) is 11.0 Å². The van der Waals surface area contributed by atoms with E-state index in [4.69, 9.17) is 0 Å². The monoisotopic (exact) mass is 291 g/mol. The molecule has 0 radical (unpaired) electrons. The van der Waals surface area contributed by atoms with Gasteiger partial charge in [0.25, 0.3) is 0 Å². The predicted octanol–water partition coefficient (Wildman–Crippen LogP) is 2.27. The average molecular weight is 291 g/mol. The molecular formula is C17H25NO3. The van der Waals surface area contributed by atoms with Gasteiger partial charge in [-0.05, 0) is 51.8 Å². The van der Waals surface area contributed by atoms with Gasteiger partial charge in [0.1, 0.15) is 0 Å². The van der Waals surface area contributed by atoms with E-state index >= 15 is 0 Å². The number of carbonyl (C=O) groups is 1. The van der Waals surface area contributed by atoms with E-state index < -0.39 is 17.0 Å². The number of rotatable bonds is 5. The first-order valence-corrected chi connectivity index (χ1v) is 7.57. The van der Waals surface area contributed by atoms with Gasteiger partial charge in [0.2, 0.25) is 0 Å². The van der Waals surface area contributed by atoms with Crippen LogP contribution < -0.4 is 0 Å². The van der Waals surface area contributed by atoms with Gasteiger partial charge in [-0.3, -0.25) is 4.79 Å². The van der Waals surface area contributed by atoms with Crippen molar-refractivity contribution in [1.82, 2.24) is 4.90 Å². The Labute approximate surface area is 126 Å². The van der Waals surface area contributed by atoms with Crippen LogP contribution in [0.25, 0.3) is 0 Å². The molecule has 1 aliphatic heterocycles. The highest BCUT2D eigenvalue weighted by Gasteiger charge is 2.42. The molecule has 1 heterocycles. The highest BCUT2D eigenvalue weighted by atomic mass is 16.4. The van der Waals surface area contributed by atoms with Gasteiger partial charge < -0.3 is 15.1 Å². The topological polar surface area (TPSA) is 60.8 Å². The second kappa shape index (κ2) is 6.16. The number of hydrogen-bond donors (Lipinski definition) is 2. The van der Waals surface area contributed by atoms with Crippen molar-refractivity contribution < 1.29 is 15.0 Å². The molecule has 0 saturated carbocycles. The SMILES string of the molecule is CC(C)(O)CCN1CCC(C(=O)O)(c2ccccc2)CC1. The fourth-order valence-corrected chi connectivity index (χ4v) is 2.97. The number of likely N-dealkylation sites (tertiary alicyclic amines) is 1. The summed E-state index contributed by atoms with van der Waals surface area (Å²) in [5.74, 6) is -0.726. The number of hydrogen-bond acceptors (Lipinski definition) is 3. The lowest BCUT2D eigenvalue weighted by molar-refractivity contribution is -0.146. The second-order valence-electron chi connectivity index (χ2n) is 6.66. The lowest BCUT2D eigenvalue weighted by Gasteiger charge is -2.39. The second-order valence-corrected chi connectivity index (χ2v) is 6.66. The summed E-state index contributed by atoms with van der Waals surface area (Å²) >= 11 is 0. The van der Waals surface area contributed by atoms with Gasteiger partial charge in [-0.2, -0.15) is 0 Å². The van der Waals surface area contributed by atoms with E-state index in [0.717, 1.165) is 25.2 Å². The Morgan fingerprint density at radius 2 is 1.81 bits per heavy atom. The Hall–Kier alpha value is -1.39. The molecule has 1 aliphatic rings. The van der Waals surface area contributed by atoms with E-state index in [-0.39, 0.29) is 0 Å². The Bertz CT molecular complexity index is 471. The summed E-state index contributed by atoms with van der Waals surface area (Å²) in [6.07, 6.45) is 1.95. The van der Waals surface area contributed by atoms with Crippen LogP contribution in [0.4, 0.5) is 0 Å². The highest BCUT2D eigenvalue weighted by molar-refractivity contribution is 5.81. The maximum absolute atomic E-state index is 11.8. The average Bonchev–Trinajstić information content (AvgIpc) is 2.45. The van der Waals surface area contributed by atoms with Crippen molar-refractivity contribution >= 4 is 5.97 Å². The Morgan fingerprint density at radius 1 is 1.24 bits per heavy atom. The van der Waals surface area contributed by atoms with Crippen LogP contribution >= 0.6 is 0 Å². The standard InChI is InChI=1S/C17H25NO3/c1-16(2,21)8-11-18-12-9-17(10-13-18,15(19)20)14-6-4-3-5-7-14/h3-7,21H,8-13H2,1-2H3,(H,19,20). The van der Waals surface area contributed by atoms with E-state index in [0.29, 0.717) is 19.3 Å². The Morgan fingerprint density at radius 3 is 2.29 bits per heavy atom. The van der Waals surface area contributed by atoms with Gasteiger partial charge in [-0.1, -0.05) is 30.3 Å². The van der Waals surface area contributed by atoms with Crippen LogP contribution in [0.3, 0.4) is 0 Å². The van der Waals surface area contributed by atoms with E-state index in [2.05, 4.69) is 4.90 Å². The molecule has 4 heteroatoms. The Balaban J connectivity index is 2.04. The van der Waals surface area contributed by atoms with Crippen LogP contribution in [-0.2, 0) is 10.2 Å². The largest absolute Gasteiger partial charge is 0.481 e. The number of carboxylic acids is 1. The van der Waals surface area contributed by atoms with Gasteiger partial charge in [0.15, 0.2) is 0 Å². The summed E-state index contributed by atoms with van der Waals surface area (Å²) in [4.78, 5) is 14.1. The van der Waals surface area contributed by atoms with Gasteiger partial charge in [0, 0.05) is 6.54 Å². The minimum atomic E-state index is -0.757. The van der Waals surface area contributed by atoms with Crippen LogP contribution in [0.15, 0.2) is 30.3 Å². The first-order chi connectivity index (χ1) is 9.83. The van der Waals surface area contributed by atoms with E-state index in [1.807, 2.05) is 44.2 Å². The van der Waals surface area contributed by atoms with Crippen LogP contribution in [0.2, 0.25) is 0 Å². The molecule has 0 aliphatic carbocycles. The molecule has 2 N–H and O–H groups in total. The van der Waals surface area contributed by atoms with Crippen molar-refractivity contribution in [1.29, 1.82) is 0 Å². The first kappa shape index (κ1) is 16.0. The third kappa shape index (κ3) is 3.83. The summed E-state index contributed by atoms with van der Waals surface area (Å²) < 4.78 is 0. The number of benzene rings is 1. The van der Waals surface area contributed by atoms with Gasteiger partial charge in [-0.25, -0.2) is 0 Å². The van der Waals surface area contributed by atoms with Crippen molar-refractivity contribution in [2.45, 2.75) is 44.1 Å². The molecule has 0 unspecified atom stereocenters. The smallest absolute Gasteiger partial charge is 0.314 e. The minimum absolute atomic E-state index is 0.623. The van der Waals surface area contributed by atoms with Crippen molar-refractivity contribution in [3.8, 4) is 0 Å². The molecule has 0 amide bonds. The third-order valence-electron chi connectivity index (χ3n) is 4.49. The molecule has 1 aromatic carbocycles. The van der Waals surface area contributed by atoms with Crippen LogP contribution in [0.5, 0.6) is 0 Å². The fourth-order valence-electron chi connectivity index (χ4n) is 2.97. The van der Waals surface area contributed by atoms with E-state index in [9.17, 15) is 15.0 Å². The zero-order chi connectivity index (χ0) is 15.5. The molecule has 4 nitrogen and oxygen atoms in total. The molecule has 116 valence electrons. The lowest BCUT2D eigenvalue weighted by Crippen LogP contribution is -2.48. The fraction of sp³-hybridized carbons (Fsp3) is 0.588. The molecular weight excluding hydrogens is 266 g/mol. The quantitative estimate of drug-likeness (QED) is 0.873. The number of carboxylic acid groups (broad SMARTS) is 1. The molecule has 0 bridgehead atoms. The first-order valence-electron chi connectivity index (χ1n) is 7.57. The normalized spacial score (nSPS) is 19.4. The number of aliphatic carboxylic acids is 1. The number of nitrogens with zero attached hydrogens (tertiary/aromatic N) is 1. The summed E-state index contributed by atoms with van der Waals surface area (Å²) in [5, 5.41) is 19.5. The molecule has 0 aromatic heterocycles. The van der Waals surface area contributed by atoms with Crippen molar-refractivity contribution in [2.24, 2.45) is 0 Å². The molecule has 1 fully saturated rings. The predicted molar refractivity (Wildman–Crippen MR) is 82.3 cm³/mol. The zero-order valence-corrected chi connectivity index (χ0v) is 12.9. The van der Waals surface area contributed by atoms with Crippen molar-refractivity contribution in [3.05, 3.63) is 35.9 Å². The summed E-state index contributed by atoms with van der Waals surface area (Å²) in [6.45, 7) is 5.95. The number of aliphatic hydroxyl groups is 1. The highest BCUT2D eigenvalue weighted by Crippen LogP contribution is 2.36. The van der Waals surface area contributed by atoms with Crippen LogP contribution in [0, 0.1) is 0 Å². The molecule has 0 atom stereocenters. The molecule has 21 heavy (non-hydrogen) atoms. The zero-order valence-electron chi connectivity index (χ0n) is 12.9. The Kier molecular flexibility index (Phi) is 4.69. The molecule has 1 saturated heterocycles. The summed E-state index contributed by atoms with van der Waals surface area (Å²) in [5.41, 5.74) is -0.521. The molecule has 0 spiro atoms. The summed E-state index contributed by atoms with van der Waals surface area (Å²) in [6, 6.07) is 9.56. The lowest BCUT2D eigenvalue weighted by atomic mass is 9.73. The molecule has 1 aromatic rings.